The molecule has 0 aromatic carbocycles. The smallest absolute Gasteiger partial charge is 0.191 e. The van der Waals surface area contributed by atoms with Gasteiger partial charge < -0.3 is 10.6 Å². The Bertz CT molecular complexity index is 682. The lowest BCUT2D eigenvalue weighted by Gasteiger charge is -2.32. The zero-order valence-electron chi connectivity index (χ0n) is 15.0. The van der Waals surface area contributed by atoms with E-state index in [-0.39, 0.29) is 0 Å². The average Bonchev–Trinajstić information content (AvgIpc) is 3.13. The molecule has 2 aromatic heterocycles. The van der Waals surface area contributed by atoms with Gasteiger partial charge in [-0.25, -0.2) is 0 Å². The first kappa shape index (κ1) is 17.9. The highest BCUT2D eigenvalue weighted by Crippen LogP contribution is 2.24. The molecule has 3 rings (SSSR count). The normalized spacial score (nSPS) is 16.3. The Hall–Kier alpha value is -1.92. The zero-order valence-corrected chi connectivity index (χ0v) is 15.9. The molecule has 134 valence electrons. The molecule has 0 amide bonds. The summed E-state index contributed by atoms with van der Waals surface area (Å²) in [5.74, 6) is 0.857. The van der Waals surface area contributed by atoms with Gasteiger partial charge in [-0.2, -0.15) is 0 Å². The first-order valence-corrected chi connectivity index (χ1v) is 9.78. The Balaban J connectivity index is 1.40. The molecular formula is C19H27N5S. The summed E-state index contributed by atoms with van der Waals surface area (Å²) in [5, 5.41) is 9.03. The number of hydrogen-bond donors (Lipinski definition) is 2. The fraction of sp³-hybridized carbons (Fsp3) is 0.474. The summed E-state index contributed by atoms with van der Waals surface area (Å²) in [5.41, 5.74) is 2.60. The van der Waals surface area contributed by atoms with Gasteiger partial charge in [0.25, 0.3) is 0 Å². The fourth-order valence-electron chi connectivity index (χ4n) is 3.10. The minimum absolute atomic E-state index is 0.474. The van der Waals surface area contributed by atoms with Crippen molar-refractivity contribution in [3.05, 3.63) is 52.0 Å². The summed E-state index contributed by atoms with van der Waals surface area (Å²) in [6, 6.07) is 8.76. The molecule has 0 radical (unpaired) electrons. The largest absolute Gasteiger partial charge is 0.356 e. The SMILES string of the molecule is CN=C(NCCc1ccccn1)NCC(C)N1CCc2sccc2C1. The van der Waals surface area contributed by atoms with E-state index in [4.69, 9.17) is 0 Å². The van der Waals surface area contributed by atoms with Gasteiger partial charge in [-0.1, -0.05) is 6.07 Å². The molecule has 25 heavy (non-hydrogen) atoms. The molecule has 3 heterocycles. The average molecular weight is 358 g/mol. The second kappa shape index (κ2) is 8.97. The molecule has 2 N–H and O–H groups in total. The van der Waals surface area contributed by atoms with Crippen molar-refractivity contribution in [2.75, 3.05) is 26.7 Å². The number of nitrogens with one attached hydrogen (secondary N) is 2. The second-order valence-electron chi connectivity index (χ2n) is 6.39. The molecule has 5 nitrogen and oxygen atoms in total. The summed E-state index contributed by atoms with van der Waals surface area (Å²) in [4.78, 5) is 12.8. The Labute approximate surface area is 154 Å². The van der Waals surface area contributed by atoms with Gasteiger partial charge in [0.15, 0.2) is 5.96 Å². The third-order valence-corrected chi connectivity index (χ3v) is 5.67. The number of rotatable bonds is 6. The lowest BCUT2D eigenvalue weighted by molar-refractivity contribution is 0.192. The maximum Gasteiger partial charge on any atom is 0.191 e. The maximum absolute atomic E-state index is 4.34. The van der Waals surface area contributed by atoms with E-state index in [9.17, 15) is 0 Å². The number of hydrogen-bond acceptors (Lipinski definition) is 4. The van der Waals surface area contributed by atoms with Crippen LogP contribution in [0.1, 0.15) is 23.1 Å². The number of nitrogens with zero attached hydrogens (tertiary/aromatic N) is 3. The first-order chi connectivity index (χ1) is 12.3. The zero-order chi connectivity index (χ0) is 17.5. The van der Waals surface area contributed by atoms with E-state index in [2.05, 4.69) is 49.9 Å². The van der Waals surface area contributed by atoms with Crippen LogP contribution in [0.5, 0.6) is 0 Å². The lowest BCUT2D eigenvalue weighted by atomic mass is 10.1. The van der Waals surface area contributed by atoms with Crippen LogP contribution in [0.15, 0.2) is 40.8 Å². The molecule has 0 spiro atoms. The van der Waals surface area contributed by atoms with Crippen LogP contribution in [0.2, 0.25) is 0 Å². The van der Waals surface area contributed by atoms with Gasteiger partial charge in [0.1, 0.15) is 0 Å². The quantitative estimate of drug-likeness (QED) is 0.615. The highest BCUT2D eigenvalue weighted by atomic mass is 32.1. The standard InChI is InChI=1S/C19H27N5S/c1-15(24-11-7-18-16(14-24)8-12-25-18)13-23-19(20-2)22-10-6-17-5-3-4-9-21-17/h3-5,8-9,12,15H,6-7,10-11,13-14H2,1-2H3,(H2,20,22,23). The summed E-state index contributed by atoms with van der Waals surface area (Å²) >= 11 is 1.89. The molecule has 0 aliphatic carbocycles. The predicted octanol–water partition coefficient (Wildman–Crippen LogP) is 2.30. The van der Waals surface area contributed by atoms with Crippen LogP contribution in [0, 0.1) is 0 Å². The van der Waals surface area contributed by atoms with Crippen molar-refractivity contribution >= 4 is 17.3 Å². The maximum atomic E-state index is 4.34. The highest BCUT2D eigenvalue weighted by Gasteiger charge is 2.21. The van der Waals surface area contributed by atoms with E-state index in [0.717, 1.165) is 44.3 Å². The van der Waals surface area contributed by atoms with E-state index < -0.39 is 0 Å². The Kier molecular flexibility index (Phi) is 6.42. The summed E-state index contributed by atoms with van der Waals surface area (Å²) < 4.78 is 0. The van der Waals surface area contributed by atoms with E-state index in [0.29, 0.717) is 6.04 Å². The van der Waals surface area contributed by atoms with Crippen LogP contribution in [0.4, 0.5) is 0 Å². The number of aliphatic imine (C=N–C) groups is 1. The molecule has 0 fully saturated rings. The molecule has 1 aliphatic heterocycles. The van der Waals surface area contributed by atoms with Crippen LogP contribution < -0.4 is 10.6 Å². The minimum Gasteiger partial charge on any atom is -0.356 e. The van der Waals surface area contributed by atoms with Crippen molar-refractivity contribution in [1.82, 2.24) is 20.5 Å². The van der Waals surface area contributed by atoms with Gasteiger partial charge in [-0.05, 0) is 42.5 Å². The third-order valence-electron chi connectivity index (χ3n) is 4.65. The molecule has 1 atom stereocenters. The van der Waals surface area contributed by atoms with Crippen LogP contribution in [0.25, 0.3) is 0 Å². The van der Waals surface area contributed by atoms with Gasteiger partial charge in [0.05, 0.1) is 0 Å². The van der Waals surface area contributed by atoms with Crippen molar-refractivity contribution in [2.24, 2.45) is 4.99 Å². The van der Waals surface area contributed by atoms with E-state index >= 15 is 0 Å². The summed E-state index contributed by atoms with van der Waals surface area (Å²) in [7, 11) is 1.82. The van der Waals surface area contributed by atoms with Crippen LogP contribution in [-0.4, -0.2) is 48.6 Å². The molecule has 0 saturated carbocycles. The van der Waals surface area contributed by atoms with E-state index in [1.54, 1.807) is 4.88 Å². The minimum atomic E-state index is 0.474. The van der Waals surface area contributed by atoms with Crippen molar-refractivity contribution in [2.45, 2.75) is 32.4 Å². The van der Waals surface area contributed by atoms with Crippen LogP contribution in [0.3, 0.4) is 0 Å². The molecule has 2 aromatic rings. The molecule has 6 heteroatoms. The van der Waals surface area contributed by atoms with E-state index in [1.165, 1.54) is 12.0 Å². The predicted molar refractivity (Wildman–Crippen MR) is 105 cm³/mol. The molecule has 0 saturated heterocycles. The van der Waals surface area contributed by atoms with Gasteiger partial charge >= 0.3 is 0 Å². The highest BCUT2D eigenvalue weighted by molar-refractivity contribution is 7.10. The number of thiophene rings is 1. The van der Waals surface area contributed by atoms with Crippen molar-refractivity contribution < 1.29 is 0 Å². The molecule has 0 bridgehead atoms. The monoisotopic (exact) mass is 357 g/mol. The molecular weight excluding hydrogens is 330 g/mol. The van der Waals surface area contributed by atoms with Crippen molar-refractivity contribution in [3.8, 4) is 0 Å². The lowest BCUT2D eigenvalue weighted by Crippen LogP contribution is -2.47. The van der Waals surface area contributed by atoms with Crippen molar-refractivity contribution in [1.29, 1.82) is 0 Å². The third kappa shape index (κ3) is 5.03. The number of fused-ring (bicyclic) bond motifs is 1. The topological polar surface area (TPSA) is 52.6 Å². The van der Waals surface area contributed by atoms with Crippen LogP contribution >= 0.6 is 11.3 Å². The fourth-order valence-corrected chi connectivity index (χ4v) is 3.99. The van der Waals surface area contributed by atoms with Gasteiger partial charge in [-0.15, -0.1) is 11.3 Å². The van der Waals surface area contributed by atoms with Gasteiger partial charge in [-0.3, -0.25) is 14.9 Å². The molecule has 1 unspecified atom stereocenters. The Morgan fingerprint density at radius 3 is 3.08 bits per heavy atom. The number of guanidine groups is 1. The van der Waals surface area contributed by atoms with Gasteiger partial charge in [0, 0.05) is 62.5 Å². The van der Waals surface area contributed by atoms with Crippen LogP contribution in [-0.2, 0) is 19.4 Å². The van der Waals surface area contributed by atoms with Crippen molar-refractivity contribution in [3.63, 3.8) is 0 Å². The molecule has 1 aliphatic rings. The van der Waals surface area contributed by atoms with E-state index in [1.807, 2.05) is 36.7 Å². The summed E-state index contributed by atoms with van der Waals surface area (Å²) in [6.45, 7) is 6.21. The van der Waals surface area contributed by atoms with Gasteiger partial charge in [0.2, 0.25) is 0 Å². The second-order valence-corrected chi connectivity index (χ2v) is 7.39. The Morgan fingerprint density at radius 2 is 2.28 bits per heavy atom. The number of aromatic nitrogens is 1. The number of pyridine rings is 1. The Morgan fingerprint density at radius 1 is 1.36 bits per heavy atom. The first-order valence-electron chi connectivity index (χ1n) is 8.90. The summed E-state index contributed by atoms with van der Waals surface area (Å²) in [6.07, 6.45) is 3.90.